The number of benzene rings is 1. The van der Waals surface area contributed by atoms with E-state index in [-0.39, 0.29) is 11.3 Å². The Morgan fingerprint density at radius 3 is 2.16 bits per heavy atom. The Labute approximate surface area is 107 Å². The van der Waals surface area contributed by atoms with E-state index in [0.717, 1.165) is 24.3 Å². The molecule has 0 saturated carbocycles. The number of ketones is 1. The minimum absolute atomic E-state index is 0.0534. The number of carbonyl (C=O) groups excluding carboxylic acids is 1. The number of hydrogen-bond acceptors (Lipinski definition) is 7. The van der Waals surface area contributed by atoms with Crippen LogP contribution >= 0.6 is 0 Å². The number of aliphatic hydroxyl groups excluding tert-OH is 4. The Morgan fingerprint density at radius 1 is 1.21 bits per heavy atom. The van der Waals surface area contributed by atoms with Gasteiger partial charge in [-0.3, -0.25) is 14.9 Å². The average Bonchev–Trinajstić information content (AvgIpc) is 2.44. The lowest BCUT2D eigenvalue weighted by Gasteiger charge is -2.20. The van der Waals surface area contributed by atoms with Crippen LogP contribution in [0.1, 0.15) is 10.4 Å². The Kier molecular flexibility index (Phi) is 5.07. The number of carbonyl (C=O) groups is 1. The largest absolute Gasteiger partial charge is 0.394 e. The average molecular weight is 271 g/mol. The fourth-order valence-corrected chi connectivity index (χ4v) is 1.39. The highest BCUT2D eigenvalue weighted by atomic mass is 16.6. The van der Waals surface area contributed by atoms with Gasteiger partial charge in [0.05, 0.1) is 11.5 Å². The highest BCUT2D eigenvalue weighted by Crippen LogP contribution is 2.15. The molecule has 0 aliphatic carbocycles. The Balaban J connectivity index is 2.85. The summed E-state index contributed by atoms with van der Waals surface area (Å²) < 4.78 is 0. The van der Waals surface area contributed by atoms with Crippen molar-refractivity contribution < 1.29 is 30.1 Å². The van der Waals surface area contributed by atoms with E-state index in [1.165, 1.54) is 0 Å². The Morgan fingerprint density at radius 2 is 1.74 bits per heavy atom. The minimum Gasteiger partial charge on any atom is -0.394 e. The number of non-ortho nitro benzene ring substituents is 1. The molecule has 0 spiro atoms. The molecule has 8 heteroatoms. The second-order valence-corrected chi connectivity index (χ2v) is 3.85. The number of nitro groups is 1. The summed E-state index contributed by atoms with van der Waals surface area (Å²) in [6, 6.07) is 4.41. The quantitative estimate of drug-likeness (QED) is 0.291. The molecule has 4 N–H and O–H groups in total. The highest BCUT2D eigenvalue weighted by molar-refractivity contribution is 5.99. The van der Waals surface area contributed by atoms with Gasteiger partial charge in [-0.25, -0.2) is 0 Å². The summed E-state index contributed by atoms with van der Waals surface area (Å²) in [5.41, 5.74) is -0.274. The van der Waals surface area contributed by atoms with Crippen molar-refractivity contribution in [1.82, 2.24) is 0 Å². The molecule has 1 aromatic carbocycles. The normalized spacial score (nSPS) is 15.6. The van der Waals surface area contributed by atoms with Gasteiger partial charge in [0.2, 0.25) is 0 Å². The Hall–Kier alpha value is -1.87. The molecule has 0 heterocycles. The zero-order valence-corrected chi connectivity index (χ0v) is 9.71. The van der Waals surface area contributed by atoms with Gasteiger partial charge in [-0.1, -0.05) is 0 Å². The maximum atomic E-state index is 11.7. The molecule has 1 aromatic rings. The first-order chi connectivity index (χ1) is 8.88. The van der Waals surface area contributed by atoms with Crippen molar-refractivity contribution in [3.8, 4) is 0 Å². The van der Waals surface area contributed by atoms with Crippen LogP contribution in [0, 0.1) is 10.1 Å². The molecule has 8 nitrogen and oxygen atoms in total. The lowest BCUT2D eigenvalue weighted by atomic mass is 9.99. The van der Waals surface area contributed by atoms with E-state index < -0.39 is 35.6 Å². The molecule has 0 aromatic heterocycles. The van der Waals surface area contributed by atoms with E-state index in [4.69, 9.17) is 10.2 Å². The monoisotopic (exact) mass is 271 g/mol. The van der Waals surface area contributed by atoms with Gasteiger partial charge in [0.15, 0.2) is 5.78 Å². The summed E-state index contributed by atoms with van der Waals surface area (Å²) in [6.45, 7) is -0.814. The van der Waals surface area contributed by atoms with Gasteiger partial charge in [0, 0.05) is 17.7 Å². The highest BCUT2D eigenvalue weighted by Gasteiger charge is 2.30. The molecule has 104 valence electrons. The summed E-state index contributed by atoms with van der Waals surface area (Å²) >= 11 is 0. The fraction of sp³-hybridized carbons (Fsp3) is 0.364. The zero-order valence-electron chi connectivity index (χ0n) is 9.71. The van der Waals surface area contributed by atoms with Crippen LogP contribution < -0.4 is 0 Å². The van der Waals surface area contributed by atoms with Crippen molar-refractivity contribution in [2.45, 2.75) is 18.3 Å². The first-order valence-electron chi connectivity index (χ1n) is 5.32. The van der Waals surface area contributed by atoms with E-state index in [2.05, 4.69) is 0 Å². The summed E-state index contributed by atoms with van der Waals surface area (Å²) in [5.74, 6) is -0.908. The maximum absolute atomic E-state index is 11.7. The summed E-state index contributed by atoms with van der Waals surface area (Å²) in [5, 5.41) is 47.0. The molecule has 19 heavy (non-hydrogen) atoms. The van der Waals surface area contributed by atoms with Gasteiger partial charge < -0.3 is 20.4 Å². The molecule has 0 saturated heterocycles. The van der Waals surface area contributed by atoms with Crippen LogP contribution in [0.2, 0.25) is 0 Å². The Bertz CT molecular complexity index is 459. The van der Waals surface area contributed by atoms with Gasteiger partial charge in [-0.15, -0.1) is 0 Å². The molecule has 0 unspecified atom stereocenters. The predicted molar refractivity (Wildman–Crippen MR) is 62.5 cm³/mol. The molecule has 0 bridgehead atoms. The zero-order chi connectivity index (χ0) is 14.6. The molecule has 0 radical (unpaired) electrons. The van der Waals surface area contributed by atoms with Crippen LogP contribution in [0.3, 0.4) is 0 Å². The second-order valence-electron chi connectivity index (χ2n) is 3.85. The van der Waals surface area contributed by atoms with Gasteiger partial charge in [0.1, 0.15) is 18.3 Å². The third-order valence-electron chi connectivity index (χ3n) is 2.54. The smallest absolute Gasteiger partial charge is 0.269 e. The summed E-state index contributed by atoms with van der Waals surface area (Å²) in [6.07, 6.45) is -5.42. The second kappa shape index (κ2) is 6.34. The molecular formula is C11H13NO7. The van der Waals surface area contributed by atoms with Gasteiger partial charge in [0.25, 0.3) is 5.69 Å². The number of nitro benzene ring substituents is 1. The SMILES string of the molecule is O=C(c1ccc([N+](=O)[O-])cc1)[C@@H](O)[C@H](O)[C@H](O)CO. The first-order valence-corrected chi connectivity index (χ1v) is 5.32. The standard InChI is InChI=1S/C11H13NO7/c13-5-8(14)10(16)11(17)9(15)6-1-3-7(4-2-6)12(18)19/h1-4,8,10-11,13-14,16-17H,5H2/t8-,10-,11-/m1/s1. The van der Waals surface area contributed by atoms with Crippen LogP contribution in [0.4, 0.5) is 5.69 Å². The van der Waals surface area contributed by atoms with Gasteiger partial charge in [-0.05, 0) is 12.1 Å². The molecule has 3 atom stereocenters. The number of aliphatic hydroxyl groups is 4. The lowest BCUT2D eigenvalue weighted by Crippen LogP contribution is -2.43. The van der Waals surface area contributed by atoms with E-state index in [9.17, 15) is 25.1 Å². The van der Waals surface area contributed by atoms with Crippen LogP contribution in [-0.4, -0.2) is 56.1 Å². The molecule has 0 fully saturated rings. The summed E-state index contributed by atoms with van der Waals surface area (Å²) in [4.78, 5) is 21.5. The number of hydrogen-bond donors (Lipinski definition) is 4. The van der Waals surface area contributed by atoms with Crippen molar-refractivity contribution in [3.05, 3.63) is 39.9 Å². The first kappa shape index (κ1) is 15.2. The lowest BCUT2D eigenvalue weighted by molar-refractivity contribution is -0.384. The summed E-state index contributed by atoms with van der Waals surface area (Å²) in [7, 11) is 0. The van der Waals surface area contributed by atoms with Crippen molar-refractivity contribution in [3.63, 3.8) is 0 Å². The topological polar surface area (TPSA) is 141 Å². The number of nitrogens with zero attached hydrogens (tertiary/aromatic N) is 1. The maximum Gasteiger partial charge on any atom is 0.269 e. The molecule has 1 rings (SSSR count). The van der Waals surface area contributed by atoms with E-state index in [1.54, 1.807) is 0 Å². The van der Waals surface area contributed by atoms with E-state index >= 15 is 0 Å². The van der Waals surface area contributed by atoms with Crippen molar-refractivity contribution in [2.75, 3.05) is 6.61 Å². The van der Waals surface area contributed by atoms with E-state index in [0.29, 0.717) is 0 Å². The van der Waals surface area contributed by atoms with Gasteiger partial charge in [-0.2, -0.15) is 0 Å². The van der Waals surface area contributed by atoms with Crippen LogP contribution in [0.5, 0.6) is 0 Å². The van der Waals surface area contributed by atoms with Crippen LogP contribution in [-0.2, 0) is 0 Å². The number of rotatable bonds is 6. The molecular weight excluding hydrogens is 258 g/mol. The van der Waals surface area contributed by atoms with Crippen molar-refractivity contribution in [2.24, 2.45) is 0 Å². The van der Waals surface area contributed by atoms with Crippen molar-refractivity contribution in [1.29, 1.82) is 0 Å². The third kappa shape index (κ3) is 3.55. The molecule has 0 amide bonds. The van der Waals surface area contributed by atoms with Crippen LogP contribution in [0.15, 0.2) is 24.3 Å². The van der Waals surface area contributed by atoms with E-state index in [1.807, 2.05) is 0 Å². The molecule has 0 aliphatic heterocycles. The minimum atomic E-state index is -1.93. The van der Waals surface area contributed by atoms with Crippen LogP contribution in [0.25, 0.3) is 0 Å². The van der Waals surface area contributed by atoms with Gasteiger partial charge >= 0.3 is 0 Å². The third-order valence-corrected chi connectivity index (χ3v) is 2.54. The number of Topliss-reactive ketones (excluding diaryl/α,β-unsaturated/α-hetero) is 1. The fourth-order valence-electron chi connectivity index (χ4n) is 1.39. The van der Waals surface area contributed by atoms with Crippen molar-refractivity contribution >= 4 is 11.5 Å². The predicted octanol–water partition coefficient (Wildman–Crippen LogP) is -1.15. The molecule has 0 aliphatic rings.